The molecule has 6 nitrogen and oxygen atoms in total. The van der Waals surface area contributed by atoms with E-state index in [4.69, 9.17) is 9.47 Å². The van der Waals surface area contributed by atoms with Crippen LogP contribution in [0, 0.1) is 5.41 Å². The Morgan fingerprint density at radius 2 is 0.822 bits per heavy atom. The molecule has 0 aliphatic heterocycles. The molecule has 0 aliphatic rings. The molecule has 0 aromatic heterocycles. The highest BCUT2D eigenvalue weighted by Gasteiger charge is 2.43. The minimum absolute atomic E-state index is 0.246. The molecule has 0 radical (unpaired) electrons. The van der Waals surface area contributed by atoms with Gasteiger partial charge in [-0.3, -0.25) is 9.59 Å². The molecule has 0 aromatic carbocycles. The second-order valence-electron chi connectivity index (χ2n) is 13.7. The van der Waals surface area contributed by atoms with E-state index in [2.05, 4.69) is 25.7 Å². The molecule has 0 saturated heterocycles. The van der Waals surface area contributed by atoms with Crippen molar-refractivity contribution < 1.29 is 24.2 Å². The smallest absolute Gasteiger partial charge is 0.323 e. The van der Waals surface area contributed by atoms with Gasteiger partial charge in [0.25, 0.3) is 0 Å². The van der Waals surface area contributed by atoms with Gasteiger partial charge in [0.05, 0.1) is 13.2 Å². The maximum atomic E-state index is 13.2. The summed E-state index contributed by atoms with van der Waals surface area (Å²) in [5.74, 6) is -0.825. The van der Waals surface area contributed by atoms with Crippen molar-refractivity contribution in [2.45, 2.75) is 195 Å². The van der Waals surface area contributed by atoms with Crippen LogP contribution in [0.4, 0.5) is 0 Å². The number of carbonyl (C=O) groups excluding carboxylic acids is 2. The SMILES string of the molecule is CCCCCCCCCCN(CCCO)CCCCCCC(C)(C(=O)OCCCCCCCC)C(=O)OCCCCCCCC. The van der Waals surface area contributed by atoms with Gasteiger partial charge in [-0.1, -0.05) is 149 Å². The van der Waals surface area contributed by atoms with Crippen molar-refractivity contribution >= 4 is 11.9 Å². The molecular formula is C39H77NO5. The Hall–Kier alpha value is -1.14. The predicted molar refractivity (Wildman–Crippen MR) is 191 cm³/mol. The highest BCUT2D eigenvalue weighted by Crippen LogP contribution is 2.29. The molecule has 0 aromatic rings. The first kappa shape index (κ1) is 43.9. The van der Waals surface area contributed by atoms with E-state index in [1.165, 1.54) is 103 Å². The fraction of sp³-hybridized carbons (Fsp3) is 0.949. The maximum absolute atomic E-state index is 13.2. The lowest BCUT2D eigenvalue weighted by molar-refractivity contribution is -0.172. The van der Waals surface area contributed by atoms with Crippen molar-refractivity contribution in [3.8, 4) is 0 Å². The number of carbonyl (C=O) groups is 2. The molecule has 6 heteroatoms. The topological polar surface area (TPSA) is 76.1 Å². The van der Waals surface area contributed by atoms with Gasteiger partial charge in [-0.2, -0.15) is 0 Å². The van der Waals surface area contributed by atoms with Crippen molar-refractivity contribution in [3.05, 3.63) is 0 Å². The molecular weight excluding hydrogens is 562 g/mol. The second kappa shape index (κ2) is 32.8. The van der Waals surface area contributed by atoms with Crippen LogP contribution in [-0.2, 0) is 19.1 Å². The third-order valence-electron chi connectivity index (χ3n) is 9.22. The number of aliphatic hydroxyl groups is 1. The van der Waals surface area contributed by atoms with Gasteiger partial charge in [-0.25, -0.2) is 0 Å². The van der Waals surface area contributed by atoms with Gasteiger partial charge in [-0.05, 0) is 58.5 Å². The highest BCUT2D eigenvalue weighted by molar-refractivity contribution is 5.99. The fourth-order valence-corrected chi connectivity index (χ4v) is 5.97. The first-order valence-electron chi connectivity index (χ1n) is 19.6. The van der Waals surface area contributed by atoms with E-state index in [0.29, 0.717) is 19.6 Å². The van der Waals surface area contributed by atoms with Gasteiger partial charge in [-0.15, -0.1) is 0 Å². The van der Waals surface area contributed by atoms with Crippen molar-refractivity contribution in [3.63, 3.8) is 0 Å². The van der Waals surface area contributed by atoms with Crippen molar-refractivity contribution in [1.82, 2.24) is 4.90 Å². The lowest BCUT2D eigenvalue weighted by atomic mass is 9.84. The largest absolute Gasteiger partial charge is 0.465 e. The predicted octanol–water partition coefficient (Wildman–Crippen LogP) is 10.6. The molecule has 0 unspecified atom stereocenters. The van der Waals surface area contributed by atoms with E-state index in [1.807, 2.05) is 0 Å². The molecule has 0 saturated carbocycles. The van der Waals surface area contributed by atoms with E-state index < -0.39 is 17.4 Å². The Morgan fingerprint density at radius 1 is 0.489 bits per heavy atom. The number of esters is 2. The average Bonchev–Trinajstić information content (AvgIpc) is 3.04. The van der Waals surface area contributed by atoms with Crippen LogP contribution in [-0.4, -0.2) is 61.4 Å². The van der Waals surface area contributed by atoms with Crippen LogP contribution in [0.1, 0.15) is 195 Å². The number of aliphatic hydroxyl groups excluding tert-OH is 1. The lowest BCUT2D eigenvalue weighted by Gasteiger charge is -2.26. The van der Waals surface area contributed by atoms with Crippen molar-refractivity contribution in [2.24, 2.45) is 5.41 Å². The number of unbranched alkanes of at least 4 members (excludes halogenated alkanes) is 20. The van der Waals surface area contributed by atoms with E-state index in [-0.39, 0.29) is 6.61 Å². The molecule has 268 valence electrons. The van der Waals surface area contributed by atoms with Crippen molar-refractivity contribution in [1.29, 1.82) is 0 Å². The summed E-state index contributed by atoms with van der Waals surface area (Å²) in [6.07, 6.45) is 29.4. The Kier molecular flexibility index (Phi) is 32.0. The van der Waals surface area contributed by atoms with Crippen LogP contribution in [0.3, 0.4) is 0 Å². The molecule has 0 atom stereocenters. The number of ether oxygens (including phenoxy) is 2. The minimum atomic E-state index is -1.23. The van der Waals surface area contributed by atoms with Crippen LogP contribution in [0.15, 0.2) is 0 Å². The first-order valence-corrected chi connectivity index (χ1v) is 19.6. The number of rotatable bonds is 35. The summed E-state index contributed by atoms with van der Waals surface area (Å²) in [5.41, 5.74) is -1.23. The molecule has 0 fully saturated rings. The number of hydrogen-bond donors (Lipinski definition) is 1. The molecule has 0 rings (SSSR count). The zero-order chi connectivity index (χ0) is 33.3. The highest BCUT2D eigenvalue weighted by atomic mass is 16.6. The van der Waals surface area contributed by atoms with Crippen molar-refractivity contribution in [2.75, 3.05) is 39.5 Å². The molecule has 0 spiro atoms. The van der Waals surface area contributed by atoms with E-state index in [1.54, 1.807) is 6.92 Å². The van der Waals surface area contributed by atoms with Crippen LogP contribution >= 0.6 is 0 Å². The van der Waals surface area contributed by atoms with Gasteiger partial charge >= 0.3 is 11.9 Å². The molecule has 45 heavy (non-hydrogen) atoms. The molecule has 0 amide bonds. The van der Waals surface area contributed by atoms with E-state index >= 15 is 0 Å². The zero-order valence-corrected chi connectivity index (χ0v) is 30.7. The summed E-state index contributed by atoms with van der Waals surface area (Å²) >= 11 is 0. The number of nitrogens with zero attached hydrogens (tertiary/aromatic N) is 1. The summed E-state index contributed by atoms with van der Waals surface area (Å²) < 4.78 is 11.3. The van der Waals surface area contributed by atoms with E-state index in [9.17, 15) is 14.7 Å². The summed E-state index contributed by atoms with van der Waals surface area (Å²) in [4.78, 5) is 29.0. The second-order valence-corrected chi connectivity index (χ2v) is 13.7. The quantitative estimate of drug-likeness (QED) is 0.0422. The van der Waals surface area contributed by atoms with Gasteiger partial charge < -0.3 is 19.5 Å². The van der Waals surface area contributed by atoms with Crippen LogP contribution in [0.25, 0.3) is 0 Å². The van der Waals surface area contributed by atoms with Gasteiger partial charge in [0.2, 0.25) is 0 Å². The third kappa shape index (κ3) is 25.6. The normalized spacial score (nSPS) is 11.8. The van der Waals surface area contributed by atoms with Gasteiger partial charge in [0, 0.05) is 13.2 Å². The first-order chi connectivity index (χ1) is 22.0. The number of hydrogen-bond acceptors (Lipinski definition) is 6. The Bertz CT molecular complexity index is 625. The van der Waals surface area contributed by atoms with Gasteiger partial charge in [0.1, 0.15) is 0 Å². The van der Waals surface area contributed by atoms with Crippen LogP contribution < -0.4 is 0 Å². The maximum Gasteiger partial charge on any atom is 0.323 e. The summed E-state index contributed by atoms with van der Waals surface area (Å²) in [6, 6.07) is 0. The van der Waals surface area contributed by atoms with Gasteiger partial charge in [0.15, 0.2) is 5.41 Å². The Balaban J connectivity index is 4.63. The molecule has 0 heterocycles. The summed E-state index contributed by atoms with van der Waals surface area (Å²) in [7, 11) is 0. The summed E-state index contributed by atoms with van der Waals surface area (Å²) in [6.45, 7) is 12.6. The summed E-state index contributed by atoms with van der Waals surface area (Å²) in [5, 5.41) is 9.36. The Morgan fingerprint density at radius 3 is 1.22 bits per heavy atom. The monoisotopic (exact) mass is 640 g/mol. The average molecular weight is 640 g/mol. The molecule has 1 N–H and O–H groups in total. The van der Waals surface area contributed by atoms with E-state index in [0.717, 1.165) is 77.4 Å². The Labute approximate surface area is 280 Å². The zero-order valence-electron chi connectivity index (χ0n) is 30.7. The fourth-order valence-electron chi connectivity index (χ4n) is 5.97. The molecule has 0 bridgehead atoms. The third-order valence-corrected chi connectivity index (χ3v) is 9.22. The molecule has 0 aliphatic carbocycles. The minimum Gasteiger partial charge on any atom is -0.465 e. The van der Waals surface area contributed by atoms with Crippen LogP contribution in [0.2, 0.25) is 0 Å². The van der Waals surface area contributed by atoms with Crippen LogP contribution in [0.5, 0.6) is 0 Å². The lowest BCUT2D eigenvalue weighted by Crippen LogP contribution is -2.39. The standard InChI is InChI=1S/C39H77NO5/c1-5-8-11-14-17-18-20-25-31-40(33-29-34-41)32-26-21-19-24-30-39(4,37(42)44-35-27-22-15-12-9-6-2)38(43)45-36-28-23-16-13-10-7-3/h41H,5-36H2,1-4H3.